The molecule has 114 valence electrons. The van der Waals surface area contributed by atoms with E-state index in [9.17, 15) is 14.7 Å². The Morgan fingerprint density at radius 3 is 2.36 bits per heavy atom. The van der Waals surface area contributed by atoms with Crippen LogP contribution in [0.1, 0.15) is 52.0 Å². The Morgan fingerprint density at radius 2 is 1.73 bits per heavy atom. The number of carboxylic acids is 1. The number of phenols is 1. The number of benzene rings is 2. The highest BCUT2D eigenvalue weighted by Crippen LogP contribution is 2.25. The van der Waals surface area contributed by atoms with E-state index in [2.05, 4.69) is 0 Å². The van der Waals surface area contributed by atoms with Gasteiger partial charge in [-0.15, -0.1) is 0 Å². The fourth-order valence-electron chi connectivity index (χ4n) is 2.43. The first-order chi connectivity index (χ1) is 10.5. The lowest BCUT2D eigenvalue weighted by atomic mass is 9.92. The summed E-state index contributed by atoms with van der Waals surface area (Å²) in [6.07, 6.45) is 0.858. The second-order valence-corrected chi connectivity index (χ2v) is 5.28. The molecule has 0 amide bonds. The summed E-state index contributed by atoms with van der Waals surface area (Å²) < 4.78 is 0. The Labute approximate surface area is 129 Å². The maximum Gasteiger partial charge on any atom is 0.340 e. The molecule has 0 fully saturated rings. The van der Waals surface area contributed by atoms with Crippen LogP contribution in [-0.2, 0) is 0 Å². The molecule has 0 bridgehead atoms. The Kier molecular flexibility index (Phi) is 4.94. The normalized spacial score (nSPS) is 11.9. The largest absolute Gasteiger partial charge is 0.507 e. The average molecular weight is 298 g/mol. The Balaban J connectivity index is 2.11. The fraction of sp³-hybridized carbons (Fsp3) is 0.222. The second kappa shape index (κ2) is 6.89. The van der Waals surface area contributed by atoms with E-state index in [1.807, 2.05) is 37.3 Å². The molecule has 0 heterocycles. The molecule has 0 spiro atoms. The third-order valence-electron chi connectivity index (χ3n) is 3.73. The summed E-state index contributed by atoms with van der Waals surface area (Å²) in [5.41, 5.74) is 0.886. The monoisotopic (exact) mass is 298 g/mol. The van der Waals surface area contributed by atoms with Gasteiger partial charge in [-0.3, -0.25) is 4.79 Å². The van der Waals surface area contributed by atoms with Gasteiger partial charge in [-0.25, -0.2) is 4.79 Å². The number of hydrogen-bond donors (Lipinski definition) is 2. The molecule has 2 N–H and O–H groups in total. The van der Waals surface area contributed by atoms with Crippen LogP contribution >= 0.6 is 0 Å². The predicted molar refractivity (Wildman–Crippen MR) is 83.5 cm³/mol. The topological polar surface area (TPSA) is 74.6 Å². The van der Waals surface area contributed by atoms with Crippen LogP contribution in [0.4, 0.5) is 0 Å². The highest BCUT2D eigenvalue weighted by Gasteiger charge is 2.20. The third kappa shape index (κ3) is 3.52. The van der Waals surface area contributed by atoms with E-state index in [-0.39, 0.29) is 35.0 Å². The van der Waals surface area contributed by atoms with Crippen molar-refractivity contribution in [2.45, 2.75) is 25.7 Å². The molecule has 2 aromatic carbocycles. The molecule has 0 saturated carbocycles. The van der Waals surface area contributed by atoms with Crippen LogP contribution in [0, 0.1) is 0 Å². The van der Waals surface area contributed by atoms with Crippen molar-refractivity contribution in [2.75, 3.05) is 0 Å². The maximum atomic E-state index is 12.3. The summed E-state index contributed by atoms with van der Waals surface area (Å²) in [7, 11) is 0. The number of hydrogen-bond acceptors (Lipinski definition) is 3. The van der Waals surface area contributed by atoms with Gasteiger partial charge in [-0.05, 0) is 24.0 Å². The highest BCUT2D eigenvalue weighted by atomic mass is 16.4. The lowest BCUT2D eigenvalue weighted by Gasteiger charge is -2.12. The van der Waals surface area contributed by atoms with Crippen molar-refractivity contribution in [1.29, 1.82) is 0 Å². The Morgan fingerprint density at radius 1 is 1.05 bits per heavy atom. The molecule has 1 unspecified atom stereocenters. The number of rotatable bonds is 6. The second-order valence-electron chi connectivity index (χ2n) is 5.28. The van der Waals surface area contributed by atoms with E-state index >= 15 is 0 Å². The molecule has 22 heavy (non-hydrogen) atoms. The first kappa shape index (κ1) is 15.8. The number of carbonyl (C=O) groups excluding carboxylic acids is 1. The molecule has 0 radical (unpaired) electrons. The summed E-state index contributed by atoms with van der Waals surface area (Å²) in [4.78, 5) is 23.5. The van der Waals surface area contributed by atoms with Crippen molar-refractivity contribution < 1.29 is 19.8 Å². The van der Waals surface area contributed by atoms with E-state index in [0.717, 1.165) is 5.56 Å². The lowest BCUT2D eigenvalue weighted by molar-refractivity contribution is 0.0688. The molecular weight excluding hydrogens is 280 g/mol. The van der Waals surface area contributed by atoms with Crippen molar-refractivity contribution in [3.05, 3.63) is 65.2 Å². The van der Waals surface area contributed by atoms with Crippen LogP contribution < -0.4 is 0 Å². The van der Waals surface area contributed by atoms with Gasteiger partial charge in [0.1, 0.15) is 11.3 Å². The fourth-order valence-corrected chi connectivity index (χ4v) is 2.43. The van der Waals surface area contributed by atoms with Crippen LogP contribution in [0.3, 0.4) is 0 Å². The molecule has 4 nitrogen and oxygen atoms in total. The molecule has 0 saturated heterocycles. The van der Waals surface area contributed by atoms with Gasteiger partial charge in [0.25, 0.3) is 0 Å². The number of Topliss-reactive ketones (excluding diaryl/α,β-unsaturated/α-hetero) is 1. The van der Waals surface area contributed by atoms with E-state index in [1.165, 1.54) is 18.2 Å². The first-order valence-corrected chi connectivity index (χ1v) is 7.14. The third-order valence-corrected chi connectivity index (χ3v) is 3.73. The summed E-state index contributed by atoms with van der Waals surface area (Å²) in [6, 6.07) is 14.0. The lowest BCUT2D eigenvalue weighted by Crippen LogP contribution is -2.10. The number of aromatic carboxylic acids is 1. The van der Waals surface area contributed by atoms with Crippen molar-refractivity contribution in [3.8, 4) is 5.75 Å². The maximum absolute atomic E-state index is 12.3. The minimum atomic E-state index is -1.29. The SMILES string of the molecule is CC(CCC(=O)c1cccc(O)c1C(=O)O)c1ccccc1. The smallest absolute Gasteiger partial charge is 0.340 e. The van der Waals surface area contributed by atoms with Crippen LogP contribution in [0.15, 0.2) is 48.5 Å². The highest BCUT2D eigenvalue weighted by molar-refractivity contribution is 6.07. The van der Waals surface area contributed by atoms with Crippen LogP contribution in [0.25, 0.3) is 0 Å². The molecule has 2 rings (SSSR count). The number of carbonyl (C=O) groups is 2. The van der Waals surface area contributed by atoms with Gasteiger partial charge in [0.15, 0.2) is 5.78 Å². The van der Waals surface area contributed by atoms with Gasteiger partial charge < -0.3 is 10.2 Å². The number of carboxylic acid groups (broad SMARTS) is 1. The first-order valence-electron chi connectivity index (χ1n) is 7.14. The minimum absolute atomic E-state index is 0.0627. The van der Waals surface area contributed by atoms with Gasteiger partial charge >= 0.3 is 5.97 Å². The number of ketones is 1. The van der Waals surface area contributed by atoms with E-state index < -0.39 is 5.97 Å². The van der Waals surface area contributed by atoms with Gasteiger partial charge in [-0.1, -0.05) is 49.4 Å². The quantitative estimate of drug-likeness (QED) is 0.794. The van der Waals surface area contributed by atoms with Crippen LogP contribution in [0.5, 0.6) is 5.75 Å². The molecule has 0 aromatic heterocycles. The van der Waals surface area contributed by atoms with Gasteiger partial charge in [0.2, 0.25) is 0 Å². The van der Waals surface area contributed by atoms with Crippen molar-refractivity contribution >= 4 is 11.8 Å². The van der Waals surface area contributed by atoms with Gasteiger partial charge in [-0.2, -0.15) is 0 Å². The van der Waals surface area contributed by atoms with Crippen molar-refractivity contribution in [2.24, 2.45) is 0 Å². The standard InChI is InChI=1S/C18H18O4/c1-12(13-6-3-2-4-7-13)10-11-15(19)14-8-5-9-16(20)17(14)18(21)22/h2-9,12,20H,10-11H2,1H3,(H,21,22). The summed E-state index contributed by atoms with van der Waals surface area (Å²) in [5.74, 6) is -1.74. The zero-order valence-electron chi connectivity index (χ0n) is 12.3. The Hall–Kier alpha value is -2.62. The van der Waals surface area contributed by atoms with Crippen LogP contribution in [-0.4, -0.2) is 22.0 Å². The minimum Gasteiger partial charge on any atom is -0.507 e. The molecule has 0 aliphatic rings. The zero-order chi connectivity index (χ0) is 16.1. The van der Waals surface area contributed by atoms with Crippen LogP contribution in [0.2, 0.25) is 0 Å². The molecule has 0 aliphatic heterocycles. The molecular formula is C18H18O4. The summed E-state index contributed by atoms with van der Waals surface area (Å²) in [6.45, 7) is 2.03. The summed E-state index contributed by atoms with van der Waals surface area (Å²) in [5, 5.41) is 18.8. The zero-order valence-corrected chi connectivity index (χ0v) is 12.3. The van der Waals surface area contributed by atoms with Gasteiger partial charge in [0, 0.05) is 12.0 Å². The van der Waals surface area contributed by atoms with Crippen molar-refractivity contribution in [3.63, 3.8) is 0 Å². The molecule has 1 atom stereocenters. The van der Waals surface area contributed by atoms with E-state index in [1.54, 1.807) is 0 Å². The predicted octanol–water partition coefficient (Wildman–Crippen LogP) is 3.86. The van der Waals surface area contributed by atoms with E-state index in [4.69, 9.17) is 5.11 Å². The van der Waals surface area contributed by atoms with Gasteiger partial charge in [0.05, 0.1) is 0 Å². The molecule has 0 aliphatic carbocycles. The average Bonchev–Trinajstić information content (AvgIpc) is 2.52. The van der Waals surface area contributed by atoms with E-state index in [0.29, 0.717) is 6.42 Å². The number of aromatic hydroxyl groups is 1. The Bertz CT molecular complexity index is 677. The molecule has 2 aromatic rings. The molecule has 4 heteroatoms. The summed E-state index contributed by atoms with van der Waals surface area (Å²) >= 11 is 0. The van der Waals surface area contributed by atoms with Crippen molar-refractivity contribution in [1.82, 2.24) is 0 Å².